The number of hydrogen-bond acceptors (Lipinski definition) is 0. The van der Waals surface area contributed by atoms with Gasteiger partial charge >= 0.3 is 6.18 Å². The summed E-state index contributed by atoms with van der Waals surface area (Å²) < 4.78 is 40.8. The second-order valence-corrected chi connectivity index (χ2v) is 7.19. The standard InChI is InChI=1S/C21H27F3N2/c1-5-11-25(17(4)16(2)3)15-20-10-7-12-26(20)14-18-8-6-9-19(13-18)21(22,23)24/h5-10,12-13,16-17H,1,11,14-15H2,2-4H3/p+1/t17-/m0/s1. The van der Waals surface area contributed by atoms with Crippen LogP contribution in [0.25, 0.3) is 0 Å². The van der Waals surface area contributed by atoms with Crippen LogP contribution in [-0.2, 0) is 19.3 Å². The summed E-state index contributed by atoms with van der Waals surface area (Å²) in [6, 6.07) is 10.0. The Morgan fingerprint density at radius 3 is 2.50 bits per heavy atom. The second kappa shape index (κ2) is 8.58. The summed E-state index contributed by atoms with van der Waals surface area (Å²) in [5.74, 6) is 0.539. The van der Waals surface area contributed by atoms with Crippen molar-refractivity contribution in [2.24, 2.45) is 5.92 Å². The first-order valence-corrected chi connectivity index (χ1v) is 8.98. The van der Waals surface area contributed by atoms with Gasteiger partial charge in [-0.25, -0.2) is 0 Å². The number of aromatic nitrogens is 1. The molecule has 0 saturated heterocycles. The summed E-state index contributed by atoms with van der Waals surface area (Å²) in [7, 11) is 0. The Kier molecular flexibility index (Phi) is 6.70. The van der Waals surface area contributed by atoms with E-state index in [-0.39, 0.29) is 0 Å². The van der Waals surface area contributed by atoms with E-state index in [9.17, 15) is 13.2 Å². The molecular formula is C21H28F3N2+. The number of quaternary nitrogens is 1. The molecule has 5 heteroatoms. The normalized spacial score (nSPS) is 14.4. The minimum Gasteiger partial charge on any atom is -0.342 e. The zero-order valence-corrected chi connectivity index (χ0v) is 15.7. The fourth-order valence-electron chi connectivity index (χ4n) is 3.12. The highest BCUT2D eigenvalue weighted by molar-refractivity contribution is 5.26. The molecule has 142 valence electrons. The fourth-order valence-corrected chi connectivity index (χ4v) is 3.12. The summed E-state index contributed by atoms with van der Waals surface area (Å²) in [4.78, 5) is 1.40. The summed E-state index contributed by atoms with van der Waals surface area (Å²) in [5, 5.41) is 0. The van der Waals surface area contributed by atoms with Gasteiger partial charge in [0.2, 0.25) is 0 Å². The van der Waals surface area contributed by atoms with E-state index in [0.29, 0.717) is 24.1 Å². The SMILES string of the molecule is C=CC[NH+](Cc1cccn1Cc1cccc(C(F)(F)F)c1)[C@@H](C)C(C)C. The summed E-state index contributed by atoms with van der Waals surface area (Å²) in [6.45, 7) is 12.6. The number of alkyl halides is 3. The van der Waals surface area contributed by atoms with E-state index >= 15 is 0 Å². The average molecular weight is 365 g/mol. The molecule has 0 aliphatic carbocycles. The molecule has 0 fully saturated rings. The number of nitrogens with zero attached hydrogens (tertiary/aromatic N) is 1. The molecule has 0 saturated carbocycles. The summed E-state index contributed by atoms with van der Waals surface area (Å²) in [6.07, 6.45) is -0.456. The van der Waals surface area contributed by atoms with Gasteiger partial charge in [0, 0.05) is 18.7 Å². The third-order valence-corrected chi connectivity index (χ3v) is 4.99. The van der Waals surface area contributed by atoms with Crippen LogP contribution in [0.1, 0.15) is 37.6 Å². The summed E-state index contributed by atoms with van der Waals surface area (Å²) >= 11 is 0. The molecular weight excluding hydrogens is 337 g/mol. The van der Waals surface area contributed by atoms with Gasteiger partial charge in [-0.15, -0.1) is 0 Å². The van der Waals surface area contributed by atoms with Gasteiger partial charge in [-0.1, -0.05) is 32.6 Å². The van der Waals surface area contributed by atoms with E-state index in [1.54, 1.807) is 6.07 Å². The minimum absolute atomic E-state index is 0.434. The van der Waals surface area contributed by atoms with Gasteiger partial charge in [0.25, 0.3) is 0 Å². The smallest absolute Gasteiger partial charge is 0.342 e. The lowest BCUT2D eigenvalue weighted by Crippen LogP contribution is -3.14. The van der Waals surface area contributed by atoms with Gasteiger partial charge in [-0.2, -0.15) is 13.2 Å². The number of benzene rings is 1. The van der Waals surface area contributed by atoms with Crippen LogP contribution < -0.4 is 4.90 Å². The Hall–Kier alpha value is -2.01. The Morgan fingerprint density at radius 2 is 1.88 bits per heavy atom. The van der Waals surface area contributed by atoms with Crippen molar-refractivity contribution in [3.63, 3.8) is 0 Å². The molecule has 2 nitrogen and oxygen atoms in total. The van der Waals surface area contributed by atoms with Crippen LogP contribution in [-0.4, -0.2) is 17.2 Å². The lowest BCUT2D eigenvalue weighted by atomic mass is 10.0. The van der Waals surface area contributed by atoms with Crippen molar-refractivity contribution in [2.75, 3.05) is 6.54 Å². The van der Waals surface area contributed by atoms with Crippen molar-refractivity contribution in [1.29, 1.82) is 0 Å². The van der Waals surface area contributed by atoms with Gasteiger partial charge in [-0.05, 0) is 42.8 Å². The van der Waals surface area contributed by atoms with Crippen LogP contribution in [0.4, 0.5) is 13.2 Å². The van der Waals surface area contributed by atoms with Crippen molar-refractivity contribution in [2.45, 2.75) is 46.1 Å². The maximum Gasteiger partial charge on any atom is 0.416 e. The Morgan fingerprint density at radius 1 is 1.15 bits per heavy atom. The lowest BCUT2D eigenvalue weighted by Gasteiger charge is -2.28. The van der Waals surface area contributed by atoms with Crippen LogP contribution in [0.5, 0.6) is 0 Å². The van der Waals surface area contributed by atoms with Gasteiger partial charge in [0.1, 0.15) is 6.54 Å². The largest absolute Gasteiger partial charge is 0.416 e. The third kappa shape index (κ3) is 5.24. The summed E-state index contributed by atoms with van der Waals surface area (Å²) in [5.41, 5.74) is 1.17. The van der Waals surface area contributed by atoms with E-state index < -0.39 is 11.7 Å². The van der Waals surface area contributed by atoms with Crippen molar-refractivity contribution >= 4 is 0 Å². The van der Waals surface area contributed by atoms with E-state index in [4.69, 9.17) is 0 Å². The molecule has 0 aliphatic rings. The first-order valence-electron chi connectivity index (χ1n) is 8.98. The van der Waals surface area contributed by atoms with Gasteiger partial charge in [0.15, 0.2) is 0 Å². The van der Waals surface area contributed by atoms with Crippen molar-refractivity contribution in [3.8, 4) is 0 Å². The molecule has 1 heterocycles. The zero-order chi connectivity index (χ0) is 19.3. The molecule has 2 aromatic rings. The quantitative estimate of drug-likeness (QED) is 0.673. The van der Waals surface area contributed by atoms with Crippen LogP contribution in [0, 0.1) is 5.92 Å². The van der Waals surface area contributed by atoms with E-state index in [1.165, 1.54) is 17.0 Å². The molecule has 1 unspecified atom stereocenters. The molecule has 0 amide bonds. The maximum atomic E-state index is 12.9. The Balaban J connectivity index is 2.19. The molecule has 1 N–H and O–H groups in total. The van der Waals surface area contributed by atoms with Crippen LogP contribution >= 0.6 is 0 Å². The minimum atomic E-state index is -4.31. The van der Waals surface area contributed by atoms with Gasteiger partial charge < -0.3 is 9.47 Å². The topological polar surface area (TPSA) is 9.37 Å². The molecule has 0 spiro atoms. The first kappa shape index (κ1) is 20.3. The number of hydrogen-bond donors (Lipinski definition) is 1. The predicted octanol–water partition coefficient (Wildman–Crippen LogP) is 4.17. The number of rotatable bonds is 8. The molecule has 2 atom stereocenters. The van der Waals surface area contributed by atoms with Gasteiger partial charge in [-0.3, -0.25) is 0 Å². The maximum absolute atomic E-state index is 12.9. The highest BCUT2D eigenvalue weighted by atomic mass is 19.4. The molecule has 1 aromatic heterocycles. The van der Waals surface area contributed by atoms with Gasteiger partial charge in [0.05, 0.1) is 23.8 Å². The predicted molar refractivity (Wildman–Crippen MR) is 99.0 cm³/mol. The zero-order valence-electron chi connectivity index (χ0n) is 15.7. The van der Waals surface area contributed by atoms with Crippen LogP contribution in [0.2, 0.25) is 0 Å². The number of nitrogens with one attached hydrogen (secondary N) is 1. The van der Waals surface area contributed by atoms with Crippen molar-refractivity contribution in [3.05, 3.63) is 72.1 Å². The van der Waals surface area contributed by atoms with Crippen molar-refractivity contribution < 1.29 is 18.1 Å². The molecule has 0 aliphatic heterocycles. The molecule has 1 aromatic carbocycles. The monoisotopic (exact) mass is 365 g/mol. The molecule has 26 heavy (non-hydrogen) atoms. The fraction of sp³-hybridized carbons (Fsp3) is 0.429. The van der Waals surface area contributed by atoms with E-state index in [2.05, 4.69) is 27.4 Å². The van der Waals surface area contributed by atoms with E-state index in [1.807, 2.05) is 29.0 Å². The van der Waals surface area contributed by atoms with Crippen molar-refractivity contribution in [1.82, 2.24) is 4.57 Å². The van der Waals surface area contributed by atoms with E-state index in [0.717, 1.165) is 24.8 Å². The van der Waals surface area contributed by atoms with Crippen LogP contribution in [0.15, 0.2) is 55.3 Å². The number of halogens is 3. The molecule has 0 bridgehead atoms. The Labute approximate surface area is 153 Å². The lowest BCUT2D eigenvalue weighted by molar-refractivity contribution is -0.935. The third-order valence-electron chi connectivity index (χ3n) is 4.99. The second-order valence-electron chi connectivity index (χ2n) is 7.19. The molecule has 2 rings (SSSR count). The first-order chi connectivity index (χ1) is 12.2. The highest BCUT2D eigenvalue weighted by Crippen LogP contribution is 2.29. The highest BCUT2D eigenvalue weighted by Gasteiger charge is 2.30. The van der Waals surface area contributed by atoms with Crippen LogP contribution in [0.3, 0.4) is 0 Å². The molecule has 0 radical (unpaired) electrons. The Bertz CT molecular complexity index is 716. The average Bonchev–Trinajstić information content (AvgIpc) is 3.00.